The third-order valence-corrected chi connectivity index (χ3v) is 3.50. The zero-order valence-corrected chi connectivity index (χ0v) is 9.83. The van der Waals surface area contributed by atoms with Crippen LogP contribution in [0.4, 0.5) is 5.82 Å². The number of rotatable bonds is 1. The maximum atomic E-state index is 10.0. The van der Waals surface area contributed by atoms with Crippen LogP contribution in [0.2, 0.25) is 0 Å². The minimum atomic E-state index is -0.866. The number of hydrogen-bond acceptors (Lipinski definition) is 6. The number of fused-ring (bicyclic) bond motifs is 1. The zero-order chi connectivity index (χ0) is 12.9. The fraction of sp³-hybridized carbons (Fsp3) is 0.455. The third-order valence-electron chi connectivity index (χ3n) is 3.50. The van der Waals surface area contributed by atoms with E-state index in [1.165, 1.54) is 6.33 Å². The van der Waals surface area contributed by atoms with Crippen LogP contribution >= 0.6 is 0 Å². The van der Waals surface area contributed by atoms with E-state index in [0.717, 1.165) is 5.56 Å². The predicted molar refractivity (Wildman–Crippen MR) is 65.7 cm³/mol. The first-order chi connectivity index (χ1) is 8.59. The second-order valence-corrected chi connectivity index (χ2v) is 4.64. The number of aliphatic hydroxyl groups excluding tert-OH is 2. The van der Waals surface area contributed by atoms with Crippen molar-refractivity contribution in [3.05, 3.63) is 18.1 Å². The van der Waals surface area contributed by atoms with Gasteiger partial charge < -0.3 is 26.2 Å². The predicted octanol–water partition coefficient (Wildman–Crippen LogP) is -0.705. The van der Waals surface area contributed by atoms with Crippen molar-refractivity contribution in [2.45, 2.75) is 31.2 Å². The number of nitrogens with one attached hydrogen (secondary N) is 2. The van der Waals surface area contributed by atoms with E-state index >= 15 is 0 Å². The molecule has 1 aliphatic rings. The summed E-state index contributed by atoms with van der Waals surface area (Å²) in [5.41, 5.74) is 7.85. The summed E-state index contributed by atoms with van der Waals surface area (Å²) >= 11 is 0. The Morgan fingerprint density at radius 2 is 2.06 bits per heavy atom. The topological polar surface area (TPSA) is 120 Å². The molecule has 0 aromatic carbocycles. The second kappa shape index (κ2) is 3.91. The van der Waals surface area contributed by atoms with Gasteiger partial charge in [0.2, 0.25) is 0 Å². The number of nitrogen functional groups attached to an aromatic ring is 1. The molecule has 3 heterocycles. The molecule has 0 radical (unpaired) electrons. The Labute approximate surface area is 103 Å². The molecular weight excluding hydrogens is 234 g/mol. The van der Waals surface area contributed by atoms with Crippen molar-refractivity contribution in [1.82, 2.24) is 20.3 Å². The SMILES string of the molecule is C[C@H]1NC(c2c[nH]c3c(N)ncnc23)[C@H](O)[C@@H]1O. The zero-order valence-electron chi connectivity index (χ0n) is 9.83. The molecule has 18 heavy (non-hydrogen) atoms. The van der Waals surface area contributed by atoms with Crippen LogP contribution in [0.3, 0.4) is 0 Å². The smallest absolute Gasteiger partial charge is 0.151 e. The maximum Gasteiger partial charge on any atom is 0.151 e. The van der Waals surface area contributed by atoms with Gasteiger partial charge >= 0.3 is 0 Å². The molecule has 0 bridgehead atoms. The number of aromatic amines is 1. The molecule has 6 N–H and O–H groups in total. The van der Waals surface area contributed by atoms with Crippen LogP contribution in [0.15, 0.2) is 12.5 Å². The van der Waals surface area contributed by atoms with Gasteiger partial charge in [-0.2, -0.15) is 0 Å². The summed E-state index contributed by atoms with van der Waals surface area (Å²) in [4.78, 5) is 11.1. The lowest BCUT2D eigenvalue weighted by Gasteiger charge is -2.14. The normalized spacial score (nSPS) is 32.2. The van der Waals surface area contributed by atoms with Crippen molar-refractivity contribution >= 4 is 16.9 Å². The lowest BCUT2D eigenvalue weighted by molar-refractivity contribution is 0.0303. The minimum absolute atomic E-state index is 0.172. The van der Waals surface area contributed by atoms with Crippen LogP contribution in [0.1, 0.15) is 18.5 Å². The van der Waals surface area contributed by atoms with Crippen molar-refractivity contribution in [2.75, 3.05) is 5.73 Å². The summed E-state index contributed by atoms with van der Waals surface area (Å²) in [5.74, 6) is 0.368. The lowest BCUT2D eigenvalue weighted by Crippen LogP contribution is -2.29. The third kappa shape index (κ3) is 1.48. The molecule has 2 aromatic heterocycles. The van der Waals surface area contributed by atoms with Gasteiger partial charge in [-0.3, -0.25) is 0 Å². The molecular formula is C11H15N5O2. The van der Waals surface area contributed by atoms with Gasteiger partial charge in [0.25, 0.3) is 0 Å². The van der Waals surface area contributed by atoms with Gasteiger partial charge in [0.1, 0.15) is 17.9 Å². The van der Waals surface area contributed by atoms with Crippen LogP contribution in [-0.2, 0) is 0 Å². The van der Waals surface area contributed by atoms with Gasteiger partial charge in [-0.15, -0.1) is 0 Å². The second-order valence-electron chi connectivity index (χ2n) is 4.64. The highest BCUT2D eigenvalue weighted by Gasteiger charge is 2.40. The van der Waals surface area contributed by atoms with Gasteiger partial charge in [0.05, 0.1) is 17.7 Å². The fourth-order valence-corrected chi connectivity index (χ4v) is 2.46. The number of H-pyrrole nitrogens is 1. The van der Waals surface area contributed by atoms with E-state index in [4.69, 9.17) is 5.73 Å². The summed E-state index contributed by atoms with van der Waals surface area (Å²) in [5, 5.41) is 23.0. The highest BCUT2D eigenvalue weighted by Crippen LogP contribution is 2.32. The molecule has 1 unspecified atom stereocenters. The number of nitrogens with zero attached hydrogens (tertiary/aromatic N) is 2. The Morgan fingerprint density at radius 3 is 2.72 bits per heavy atom. The van der Waals surface area contributed by atoms with Crippen molar-refractivity contribution < 1.29 is 10.2 Å². The van der Waals surface area contributed by atoms with E-state index in [1.807, 2.05) is 6.92 Å². The average molecular weight is 249 g/mol. The van der Waals surface area contributed by atoms with Crippen molar-refractivity contribution in [3.8, 4) is 0 Å². The van der Waals surface area contributed by atoms with Crippen LogP contribution in [0, 0.1) is 0 Å². The number of aromatic nitrogens is 3. The van der Waals surface area contributed by atoms with E-state index in [1.54, 1.807) is 6.20 Å². The number of aliphatic hydroxyl groups is 2. The standard InChI is InChI=1S/C11H15N5O2/c1-4-9(17)10(18)7(16-4)5-2-13-8-6(5)14-3-15-11(8)12/h2-4,7,9-10,13,16-18H,1H3,(H2,12,14,15)/t4-,7?,9-,10+/m1/s1. The van der Waals surface area contributed by atoms with E-state index in [-0.39, 0.29) is 12.1 Å². The molecule has 3 rings (SSSR count). The molecule has 0 aliphatic carbocycles. The minimum Gasteiger partial charge on any atom is -0.389 e. The molecule has 0 spiro atoms. The number of anilines is 1. The summed E-state index contributed by atoms with van der Waals surface area (Å²) in [6, 6.07) is -0.535. The van der Waals surface area contributed by atoms with E-state index < -0.39 is 12.2 Å². The quantitative estimate of drug-likeness (QED) is 0.455. The van der Waals surface area contributed by atoms with Gasteiger partial charge in [-0.25, -0.2) is 9.97 Å². The van der Waals surface area contributed by atoms with Gasteiger partial charge in [-0.05, 0) is 6.92 Å². The fourth-order valence-electron chi connectivity index (χ4n) is 2.46. The molecule has 1 aliphatic heterocycles. The Balaban J connectivity index is 2.08. The van der Waals surface area contributed by atoms with Crippen molar-refractivity contribution in [1.29, 1.82) is 0 Å². The molecule has 7 nitrogen and oxygen atoms in total. The lowest BCUT2D eigenvalue weighted by atomic mass is 10.0. The Morgan fingerprint density at radius 1 is 1.28 bits per heavy atom. The molecule has 1 saturated heterocycles. The summed E-state index contributed by atoms with van der Waals surface area (Å²) in [7, 11) is 0. The Hall–Kier alpha value is -1.70. The first kappa shape index (κ1) is 11.4. The largest absolute Gasteiger partial charge is 0.389 e. The van der Waals surface area contributed by atoms with E-state index in [2.05, 4.69) is 20.3 Å². The first-order valence-electron chi connectivity index (χ1n) is 5.79. The molecule has 2 aromatic rings. The summed E-state index contributed by atoms with van der Waals surface area (Å²) in [6.07, 6.45) is 1.46. The van der Waals surface area contributed by atoms with Crippen LogP contribution in [0.25, 0.3) is 11.0 Å². The Kier molecular flexibility index (Phi) is 2.47. The molecule has 0 saturated carbocycles. The molecule has 0 amide bonds. The number of hydrogen-bond donors (Lipinski definition) is 5. The molecule has 1 fully saturated rings. The van der Waals surface area contributed by atoms with E-state index in [0.29, 0.717) is 16.9 Å². The summed E-state index contributed by atoms with van der Waals surface area (Å²) < 4.78 is 0. The van der Waals surface area contributed by atoms with E-state index in [9.17, 15) is 10.2 Å². The van der Waals surface area contributed by atoms with Gasteiger partial charge in [0.15, 0.2) is 5.82 Å². The van der Waals surface area contributed by atoms with Crippen molar-refractivity contribution in [2.24, 2.45) is 0 Å². The highest BCUT2D eigenvalue weighted by molar-refractivity contribution is 5.87. The van der Waals surface area contributed by atoms with Crippen LogP contribution in [-0.4, -0.2) is 43.4 Å². The Bertz CT molecular complexity index is 584. The van der Waals surface area contributed by atoms with Gasteiger partial charge in [0, 0.05) is 17.8 Å². The maximum absolute atomic E-state index is 10.0. The van der Waals surface area contributed by atoms with Crippen LogP contribution < -0.4 is 11.1 Å². The first-order valence-corrected chi connectivity index (χ1v) is 5.79. The van der Waals surface area contributed by atoms with Crippen LogP contribution in [0.5, 0.6) is 0 Å². The summed E-state index contributed by atoms with van der Waals surface area (Å²) in [6.45, 7) is 1.83. The highest BCUT2D eigenvalue weighted by atomic mass is 16.3. The van der Waals surface area contributed by atoms with Crippen molar-refractivity contribution in [3.63, 3.8) is 0 Å². The molecule has 4 atom stereocenters. The molecule has 7 heteroatoms. The molecule has 96 valence electrons. The monoisotopic (exact) mass is 249 g/mol. The number of nitrogens with two attached hydrogens (primary N) is 1. The van der Waals surface area contributed by atoms with Gasteiger partial charge in [-0.1, -0.05) is 0 Å². The average Bonchev–Trinajstić information content (AvgIpc) is 2.88.